The van der Waals surface area contributed by atoms with Gasteiger partial charge >= 0.3 is 30.4 Å². The van der Waals surface area contributed by atoms with Gasteiger partial charge in [0.1, 0.15) is 11.6 Å². The number of benzene rings is 6. The number of carbonyl (C=O) groups is 3. The lowest BCUT2D eigenvalue weighted by molar-refractivity contribution is -0.138. The van der Waals surface area contributed by atoms with Crippen molar-refractivity contribution >= 4 is 84.9 Å². The number of aromatic nitrogens is 9. The number of alkyl halides is 6. The van der Waals surface area contributed by atoms with Crippen LogP contribution in [0.2, 0.25) is 0 Å². The van der Waals surface area contributed by atoms with E-state index in [1.807, 2.05) is 38.1 Å². The topological polar surface area (TPSA) is 248 Å². The van der Waals surface area contributed by atoms with Crippen LogP contribution in [-0.4, -0.2) is 63.6 Å². The number of hydrogen-bond acceptors (Lipinski definition) is 9. The Balaban J connectivity index is 0.000000146. The molecule has 0 bridgehead atoms. The van der Waals surface area contributed by atoms with Crippen molar-refractivity contribution in [3.05, 3.63) is 217 Å². The molecule has 0 unspecified atom stereocenters. The van der Waals surface area contributed by atoms with E-state index in [1.165, 1.54) is 36.4 Å². The molecule has 6 heterocycles. The predicted molar refractivity (Wildman–Crippen MR) is 319 cm³/mol. The molecular formula is C62H47F8N15O3. The number of aromatic amines is 3. The van der Waals surface area contributed by atoms with E-state index >= 15 is 0 Å². The highest BCUT2D eigenvalue weighted by Gasteiger charge is 2.31. The molecule has 444 valence electrons. The Labute approximate surface area is 493 Å². The first-order valence-electron chi connectivity index (χ1n) is 26.5. The number of hydrogen-bond donors (Lipinski definition) is 9. The Kier molecular flexibility index (Phi) is 17.4. The fourth-order valence-electron chi connectivity index (χ4n) is 9.06. The Morgan fingerprint density at radius 3 is 1.32 bits per heavy atom. The minimum absolute atomic E-state index is 0.0503. The van der Waals surface area contributed by atoms with Gasteiger partial charge in [0.05, 0.1) is 76.2 Å². The van der Waals surface area contributed by atoms with Crippen molar-refractivity contribution in [1.29, 1.82) is 0 Å². The molecule has 18 nitrogen and oxygen atoms in total. The zero-order valence-electron chi connectivity index (χ0n) is 46.0. The lowest BCUT2D eigenvalue weighted by Crippen LogP contribution is -2.20. The molecule has 0 fully saturated rings. The van der Waals surface area contributed by atoms with E-state index in [1.54, 1.807) is 92.2 Å². The van der Waals surface area contributed by atoms with E-state index in [-0.39, 0.29) is 22.7 Å². The van der Waals surface area contributed by atoms with Gasteiger partial charge < -0.3 is 31.9 Å². The predicted octanol–water partition coefficient (Wildman–Crippen LogP) is 16.0. The molecule has 9 N–H and O–H groups in total. The van der Waals surface area contributed by atoms with Gasteiger partial charge in [-0.1, -0.05) is 49.4 Å². The van der Waals surface area contributed by atoms with Crippen molar-refractivity contribution in [1.82, 2.24) is 45.5 Å². The molecule has 0 saturated carbocycles. The molecule has 0 spiro atoms. The highest BCUT2D eigenvalue weighted by molar-refractivity contribution is 6.03. The second-order valence-electron chi connectivity index (χ2n) is 19.4. The maximum atomic E-state index is 14.5. The number of nitrogens with zero attached hydrogens (tertiary/aromatic N) is 6. The summed E-state index contributed by atoms with van der Waals surface area (Å²) in [7, 11) is 0. The van der Waals surface area contributed by atoms with Crippen LogP contribution in [0.1, 0.15) is 29.2 Å². The number of amides is 6. The molecule has 6 aromatic heterocycles. The largest absolute Gasteiger partial charge is 0.416 e. The minimum Gasteiger partial charge on any atom is -0.308 e. The molecule has 6 aromatic carbocycles. The number of fused-ring (bicyclic) bond motifs is 3. The fourth-order valence-corrected chi connectivity index (χ4v) is 9.06. The van der Waals surface area contributed by atoms with Crippen molar-refractivity contribution in [2.75, 3.05) is 31.9 Å². The molecule has 12 aromatic rings. The number of pyridine rings is 3. The lowest BCUT2D eigenvalue weighted by atomic mass is 10.0. The summed E-state index contributed by atoms with van der Waals surface area (Å²) in [6, 6.07) is 28.2. The third-order valence-corrected chi connectivity index (χ3v) is 13.4. The van der Waals surface area contributed by atoms with Crippen LogP contribution < -0.4 is 31.9 Å². The first-order valence-corrected chi connectivity index (χ1v) is 26.5. The smallest absolute Gasteiger partial charge is 0.308 e. The average Bonchev–Trinajstić information content (AvgIpc) is 3.08. The Morgan fingerprint density at radius 1 is 0.420 bits per heavy atom. The number of urea groups is 3. The van der Waals surface area contributed by atoms with Crippen molar-refractivity contribution in [2.45, 2.75) is 32.6 Å². The van der Waals surface area contributed by atoms with Crippen LogP contribution in [0.4, 0.5) is 83.6 Å². The van der Waals surface area contributed by atoms with Gasteiger partial charge in [-0.25, -0.2) is 23.2 Å². The molecule has 0 aliphatic carbocycles. The van der Waals surface area contributed by atoms with Gasteiger partial charge in [0.2, 0.25) is 0 Å². The van der Waals surface area contributed by atoms with Gasteiger partial charge in [-0.15, -0.1) is 0 Å². The summed E-state index contributed by atoms with van der Waals surface area (Å²) in [6.45, 7) is 3.80. The van der Waals surface area contributed by atoms with E-state index in [9.17, 15) is 49.5 Å². The summed E-state index contributed by atoms with van der Waals surface area (Å²) in [6.07, 6.45) is 6.89. The summed E-state index contributed by atoms with van der Waals surface area (Å²) >= 11 is 0. The number of carbonyl (C=O) groups excluding carboxylic acids is 3. The van der Waals surface area contributed by atoms with Crippen molar-refractivity contribution in [2.24, 2.45) is 0 Å². The highest BCUT2D eigenvalue weighted by atomic mass is 19.4. The fraction of sp³-hybridized carbons (Fsp3) is 0.0806. The van der Waals surface area contributed by atoms with Gasteiger partial charge in [-0.3, -0.25) is 30.2 Å². The zero-order chi connectivity index (χ0) is 62.1. The summed E-state index contributed by atoms with van der Waals surface area (Å²) in [4.78, 5) is 49.1. The molecular weight excluding hydrogens is 1150 g/mol. The molecule has 88 heavy (non-hydrogen) atoms. The number of halogens is 8. The monoisotopic (exact) mass is 1200 g/mol. The van der Waals surface area contributed by atoms with Gasteiger partial charge in [-0.05, 0) is 126 Å². The SMILES string of the molecule is CCc1ccc(F)c(NC(=O)Nc2ccc(-c3cncc4[nH]ncc34)cc2)c1.Cc1cc(-c2cncc3[nH]ncc23)ccc1NC(=O)Nc1cccc(C(F)(F)F)c1.O=C(Nc1cccc(C(F)(F)F)c1)Nc1ccc(-c2cncc3[nH]ncc23)cc1F. The number of anilines is 6. The molecule has 6 amide bonds. The summed E-state index contributed by atoms with van der Waals surface area (Å²) in [5.41, 5.74) is 8.36. The first-order chi connectivity index (χ1) is 42.3. The van der Waals surface area contributed by atoms with Crippen molar-refractivity contribution in [3.8, 4) is 33.4 Å². The summed E-state index contributed by atoms with van der Waals surface area (Å²) in [5, 5.41) is 38.1. The number of H-pyrrole nitrogens is 3. The van der Waals surface area contributed by atoms with Gasteiger partial charge in [0.25, 0.3) is 0 Å². The second kappa shape index (κ2) is 25.7. The van der Waals surface area contributed by atoms with Gasteiger partial charge in [-0.2, -0.15) is 41.6 Å². The minimum atomic E-state index is -4.54. The zero-order valence-corrected chi connectivity index (χ0v) is 46.0. The lowest BCUT2D eigenvalue weighted by Gasteiger charge is -2.13. The molecule has 0 saturated heterocycles. The quantitative estimate of drug-likeness (QED) is 0.0590. The molecule has 0 radical (unpaired) electrons. The molecule has 12 rings (SSSR count). The van der Waals surface area contributed by atoms with E-state index in [0.717, 1.165) is 97.3 Å². The standard InChI is InChI=1S/C21H16F3N5O.C21H18FN5O.C20H13F4N5O/c1-12-7-13(16-9-25-11-19-17(16)10-26-29-19)5-6-18(12)28-20(30)27-15-4-2-3-14(8-15)21(22,23)24;1-2-13-3-8-18(22)19(9-13)26-21(28)25-15-6-4-14(5-7-15)16-10-23-12-20-17(16)11-24-27-20;21-16-6-11(14-8-25-10-18-15(14)9-26-29-18)4-5-17(16)28-19(30)27-13-3-1-2-12(7-13)20(22,23)24/h2-11H,1H3,(H,26,29)(H2,27,28,30);3-12H,2H2,1H3,(H,24,27)(H2,25,26,28);1-10H,(H,26,29)(H2,27,28,30). The van der Waals surface area contributed by atoms with E-state index in [2.05, 4.69) is 77.4 Å². The molecule has 0 atom stereocenters. The third-order valence-electron chi connectivity index (χ3n) is 13.4. The number of aryl methyl sites for hydroxylation is 2. The highest BCUT2D eigenvalue weighted by Crippen LogP contribution is 2.35. The van der Waals surface area contributed by atoms with Gasteiger partial charge in [0, 0.05) is 74.2 Å². The third kappa shape index (κ3) is 14.3. The van der Waals surface area contributed by atoms with Crippen molar-refractivity contribution in [3.63, 3.8) is 0 Å². The van der Waals surface area contributed by atoms with Crippen LogP contribution in [0.15, 0.2) is 183 Å². The van der Waals surface area contributed by atoms with E-state index < -0.39 is 53.2 Å². The Bertz CT molecular complexity index is 4320. The average molecular weight is 1200 g/mol. The van der Waals surface area contributed by atoms with E-state index in [0.29, 0.717) is 28.0 Å². The van der Waals surface area contributed by atoms with Crippen LogP contribution >= 0.6 is 0 Å². The molecule has 0 aliphatic rings. The maximum Gasteiger partial charge on any atom is 0.416 e. The van der Waals surface area contributed by atoms with Crippen LogP contribution in [0.25, 0.3) is 66.1 Å². The maximum absolute atomic E-state index is 14.5. The van der Waals surface area contributed by atoms with Crippen LogP contribution in [0, 0.1) is 18.6 Å². The van der Waals surface area contributed by atoms with Crippen molar-refractivity contribution < 1.29 is 49.5 Å². The Morgan fingerprint density at radius 2 is 0.852 bits per heavy atom. The summed E-state index contributed by atoms with van der Waals surface area (Å²) < 4.78 is 105. The number of rotatable bonds is 10. The van der Waals surface area contributed by atoms with E-state index in [4.69, 9.17) is 0 Å². The Hall–Kier alpha value is -11.6. The normalized spacial score (nSPS) is 11.2. The molecule has 0 aliphatic heterocycles. The van der Waals surface area contributed by atoms with Crippen LogP contribution in [0.5, 0.6) is 0 Å². The second-order valence-corrected chi connectivity index (χ2v) is 19.4. The van der Waals surface area contributed by atoms with Gasteiger partial charge in [0.15, 0.2) is 0 Å². The van der Waals surface area contributed by atoms with Crippen LogP contribution in [-0.2, 0) is 18.8 Å². The first kappa shape index (κ1) is 59.6. The van der Waals surface area contributed by atoms with Crippen LogP contribution in [0.3, 0.4) is 0 Å². The summed E-state index contributed by atoms with van der Waals surface area (Å²) in [5.74, 6) is -1.18. The number of nitrogens with one attached hydrogen (secondary N) is 9. The molecule has 26 heteroatoms.